The van der Waals surface area contributed by atoms with Gasteiger partial charge in [0.1, 0.15) is 34.9 Å². The number of carbonyl (C=O) groups excluding carboxylic acids is 1. The van der Waals surface area contributed by atoms with E-state index in [0.717, 1.165) is 11.1 Å². The normalized spacial score (nSPS) is 16.3. The second-order valence-corrected chi connectivity index (χ2v) is 12.2. The minimum absolute atomic E-state index is 0.0176. The highest BCUT2D eigenvalue weighted by Crippen LogP contribution is 2.42. The lowest BCUT2D eigenvalue weighted by molar-refractivity contribution is 0.0947. The molecule has 0 fully saturated rings. The number of ketones is 1. The summed E-state index contributed by atoms with van der Waals surface area (Å²) >= 11 is 0. The number of fused-ring (bicyclic) bond motifs is 1. The molecule has 0 amide bonds. The van der Waals surface area contributed by atoms with E-state index in [2.05, 4.69) is 20.2 Å². The molecule has 4 aromatic rings. The summed E-state index contributed by atoms with van der Waals surface area (Å²) in [6, 6.07) is 12.6. The topological polar surface area (TPSA) is 135 Å². The van der Waals surface area contributed by atoms with Crippen LogP contribution in [0.1, 0.15) is 64.3 Å². The van der Waals surface area contributed by atoms with E-state index in [0.29, 0.717) is 28.6 Å². The smallest absolute Gasteiger partial charge is 0.164 e. The van der Waals surface area contributed by atoms with Crippen LogP contribution >= 0.6 is 0 Å². The summed E-state index contributed by atoms with van der Waals surface area (Å²) in [7, 11) is 0.542. The lowest BCUT2D eigenvalue weighted by Crippen LogP contribution is -2.30. The first kappa shape index (κ1) is 28.4. The standard InChI is InChI=1S/C29H31N5O6S/c1-17-14-30-28(31-15-17)27(40-5)18(2)41(36,37)16-25-32-33-29(21-13-22(35)20-10-7-6-9-19(20)21)34(25)26-23(38-3)11-8-12-24(26)39-4/h6-12,14-15,18,21,27H,13,16H2,1-5H3/t18-,21+,27-/m0/s1. The Morgan fingerprint density at radius 3 is 2.27 bits per heavy atom. The number of hydrogen-bond acceptors (Lipinski definition) is 10. The Hall–Kier alpha value is -4.16. The van der Waals surface area contributed by atoms with Crippen molar-refractivity contribution in [1.82, 2.24) is 24.7 Å². The van der Waals surface area contributed by atoms with Crippen molar-refractivity contribution in [3.05, 3.63) is 89.0 Å². The van der Waals surface area contributed by atoms with Crippen molar-refractivity contribution in [3.8, 4) is 17.2 Å². The summed E-state index contributed by atoms with van der Waals surface area (Å²) < 4.78 is 46.3. The third-order valence-corrected chi connectivity index (χ3v) is 9.39. The van der Waals surface area contributed by atoms with Crippen molar-refractivity contribution in [1.29, 1.82) is 0 Å². The lowest BCUT2D eigenvalue weighted by atomic mass is 10.0. The number of sulfone groups is 1. The highest BCUT2D eigenvalue weighted by molar-refractivity contribution is 7.91. The average molecular weight is 578 g/mol. The summed E-state index contributed by atoms with van der Waals surface area (Å²) in [4.78, 5) is 21.5. The van der Waals surface area contributed by atoms with Gasteiger partial charge in [-0.3, -0.25) is 9.36 Å². The number of hydrogen-bond donors (Lipinski definition) is 0. The molecule has 11 nitrogen and oxygen atoms in total. The molecule has 3 atom stereocenters. The molecule has 12 heteroatoms. The Morgan fingerprint density at radius 1 is 0.976 bits per heavy atom. The van der Waals surface area contributed by atoms with Gasteiger partial charge in [-0.2, -0.15) is 0 Å². The van der Waals surface area contributed by atoms with Gasteiger partial charge < -0.3 is 14.2 Å². The molecular weight excluding hydrogens is 546 g/mol. The lowest BCUT2D eigenvalue weighted by Gasteiger charge is -2.23. The fraction of sp³-hybridized carbons (Fsp3) is 0.345. The van der Waals surface area contributed by atoms with E-state index in [1.54, 1.807) is 48.1 Å². The summed E-state index contributed by atoms with van der Waals surface area (Å²) in [6.45, 7) is 3.41. The van der Waals surface area contributed by atoms with Crippen molar-refractivity contribution < 1.29 is 27.4 Å². The van der Waals surface area contributed by atoms with Gasteiger partial charge in [0.25, 0.3) is 0 Å². The van der Waals surface area contributed by atoms with Crippen LogP contribution < -0.4 is 9.47 Å². The van der Waals surface area contributed by atoms with Gasteiger partial charge in [0, 0.05) is 31.5 Å². The predicted molar refractivity (Wildman–Crippen MR) is 150 cm³/mol. The summed E-state index contributed by atoms with van der Waals surface area (Å²) in [5.74, 6) is 0.744. The molecule has 2 aromatic carbocycles. The van der Waals surface area contributed by atoms with Gasteiger partial charge in [0.05, 0.1) is 25.4 Å². The number of para-hydroxylation sites is 1. The number of aryl methyl sites for hydroxylation is 1. The molecule has 0 aliphatic heterocycles. The molecular formula is C29H31N5O6S. The fourth-order valence-electron chi connectivity index (χ4n) is 5.19. The maximum Gasteiger partial charge on any atom is 0.164 e. The number of rotatable bonds is 10. The number of benzene rings is 2. The highest BCUT2D eigenvalue weighted by atomic mass is 32.2. The minimum Gasteiger partial charge on any atom is -0.494 e. The third-order valence-electron chi connectivity index (χ3n) is 7.35. The van der Waals surface area contributed by atoms with Gasteiger partial charge >= 0.3 is 0 Å². The van der Waals surface area contributed by atoms with Crippen LogP contribution in [0.3, 0.4) is 0 Å². The largest absolute Gasteiger partial charge is 0.494 e. The first-order valence-electron chi connectivity index (χ1n) is 13.0. The molecule has 5 rings (SSSR count). The molecule has 0 saturated carbocycles. The van der Waals surface area contributed by atoms with E-state index >= 15 is 0 Å². The van der Waals surface area contributed by atoms with Gasteiger partial charge in [-0.05, 0) is 37.1 Å². The molecule has 0 saturated heterocycles. The molecule has 0 bridgehead atoms. The van der Waals surface area contributed by atoms with Crippen molar-refractivity contribution in [2.24, 2.45) is 0 Å². The molecule has 0 radical (unpaired) electrons. The van der Waals surface area contributed by atoms with Crippen LogP contribution in [-0.4, -0.2) is 65.5 Å². The van der Waals surface area contributed by atoms with Gasteiger partial charge in [0.2, 0.25) is 0 Å². The van der Waals surface area contributed by atoms with Crippen molar-refractivity contribution in [2.45, 2.75) is 43.3 Å². The van der Waals surface area contributed by atoms with Crippen LogP contribution in [0, 0.1) is 6.92 Å². The Morgan fingerprint density at radius 2 is 1.63 bits per heavy atom. The molecule has 41 heavy (non-hydrogen) atoms. The molecule has 214 valence electrons. The van der Waals surface area contributed by atoms with Crippen LogP contribution in [0.4, 0.5) is 0 Å². The highest BCUT2D eigenvalue weighted by Gasteiger charge is 2.38. The van der Waals surface area contributed by atoms with Gasteiger partial charge in [-0.1, -0.05) is 30.3 Å². The summed E-state index contributed by atoms with van der Waals surface area (Å²) in [6.07, 6.45) is 2.50. The second kappa shape index (κ2) is 11.4. The molecule has 2 heterocycles. The zero-order valence-corrected chi connectivity index (χ0v) is 24.3. The Balaban J connectivity index is 1.63. The Labute approximate surface area is 238 Å². The van der Waals surface area contributed by atoms with E-state index in [9.17, 15) is 13.2 Å². The molecule has 2 aromatic heterocycles. The van der Waals surface area contributed by atoms with Crippen molar-refractivity contribution >= 4 is 15.6 Å². The van der Waals surface area contributed by atoms with Gasteiger partial charge in [0.15, 0.2) is 27.3 Å². The quantitative estimate of drug-likeness (QED) is 0.274. The maximum atomic E-state index is 13.9. The first-order valence-corrected chi connectivity index (χ1v) is 14.7. The zero-order chi connectivity index (χ0) is 29.3. The number of carbonyl (C=O) groups is 1. The predicted octanol–water partition coefficient (Wildman–Crippen LogP) is 3.79. The van der Waals surface area contributed by atoms with Crippen molar-refractivity contribution in [2.75, 3.05) is 21.3 Å². The van der Waals surface area contributed by atoms with E-state index < -0.39 is 32.9 Å². The summed E-state index contributed by atoms with van der Waals surface area (Å²) in [5.41, 5.74) is 2.71. The van der Waals surface area contributed by atoms with Crippen LogP contribution in [0.5, 0.6) is 11.5 Å². The fourth-order valence-corrected chi connectivity index (χ4v) is 6.61. The van der Waals surface area contributed by atoms with Crippen LogP contribution in [0.2, 0.25) is 0 Å². The zero-order valence-electron chi connectivity index (χ0n) is 23.4. The van der Waals surface area contributed by atoms with Crippen LogP contribution in [-0.2, 0) is 20.3 Å². The van der Waals surface area contributed by atoms with Gasteiger partial charge in [-0.15, -0.1) is 10.2 Å². The molecule has 0 unspecified atom stereocenters. The first-order chi connectivity index (χ1) is 19.7. The Kier molecular flexibility index (Phi) is 7.87. The Bertz CT molecular complexity index is 1660. The molecule has 1 aliphatic rings. The third kappa shape index (κ3) is 5.20. The number of Topliss-reactive ketones (excluding diaryl/α,β-unsaturated/α-hetero) is 1. The number of nitrogens with zero attached hydrogens (tertiary/aromatic N) is 5. The van der Waals surface area contributed by atoms with Crippen LogP contribution in [0.25, 0.3) is 5.69 Å². The molecule has 0 spiro atoms. The maximum absolute atomic E-state index is 13.9. The minimum atomic E-state index is -3.91. The second-order valence-electron chi connectivity index (χ2n) is 9.88. The van der Waals surface area contributed by atoms with E-state index in [1.807, 2.05) is 25.1 Å². The SMILES string of the molecule is COc1cccc(OC)c1-n1c(CS(=O)(=O)[C@@H](C)[C@H](OC)c2ncc(C)cn2)nnc1[C@@H]1CC(=O)c2ccccc21. The summed E-state index contributed by atoms with van der Waals surface area (Å²) in [5, 5.41) is 7.81. The van der Waals surface area contributed by atoms with Crippen molar-refractivity contribution in [3.63, 3.8) is 0 Å². The average Bonchev–Trinajstić information content (AvgIpc) is 3.53. The van der Waals surface area contributed by atoms with Gasteiger partial charge in [-0.25, -0.2) is 18.4 Å². The monoisotopic (exact) mass is 577 g/mol. The van der Waals surface area contributed by atoms with E-state index in [-0.39, 0.29) is 23.9 Å². The van der Waals surface area contributed by atoms with Crippen LogP contribution in [0.15, 0.2) is 54.9 Å². The number of aromatic nitrogens is 5. The molecule has 1 aliphatic carbocycles. The van der Waals surface area contributed by atoms with E-state index in [1.165, 1.54) is 21.3 Å². The number of methoxy groups -OCH3 is 3. The molecule has 0 N–H and O–H groups in total. The van der Waals surface area contributed by atoms with E-state index in [4.69, 9.17) is 14.2 Å². The number of ether oxygens (including phenoxy) is 3.